The van der Waals surface area contributed by atoms with E-state index in [0.717, 1.165) is 35.7 Å². The summed E-state index contributed by atoms with van der Waals surface area (Å²) >= 11 is 1.54. The Kier molecular flexibility index (Phi) is 6.19. The van der Waals surface area contributed by atoms with Crippen molar-refractivity contribution in [1.29, 1.82) is 0 Å². The number of thiophene rings is 1. The minimum absolute atomic E-state index is 0.414. The van der Waals surface area contributed by atoms with Gasteiger partial charge in [0.1, 0.15) is 0 Å². The highest BCUT2D eigenvalue weighted by molar-refractivity contribution is 7.89. The van der Waals surface area contributed by atoms with Gasteiger partial charge in [-0.25, -0.2) is 13.1 Å². The SMILES string of the molecule is CCCNCc1cc(S(=O)(=O)NC(C)(C)CC)c(C)s1. The lowest BCUT2D eigenvalue weighted by Gasteiger charge is -2.24. The first-order chi connectivity index (χ1) is 9.22. The molecule has 0 aliphatic rings. The molecule has 0 aromatic carbocycles. The second-order valence-corrected chi connectivity index (χ2v) is 8.64. The number of rotatable bonds is 8. The van der Waals surface area contributed by atoms with Crippen molar-refractivity contribution in [3.05, 3.63) is 15.8 Å². The molecular weight excluding hydrogens is 292 g/mol. The summed E-state index contributed by atoms with van der Waals surface area (Å²) in [6.07, 6.45) is 1.82. The molecule has 6 heteroatoms. The van der Waals surface area contributed by atoms with Crippen LogP contribution in [0.2, 0.25) is 0 Å². The zero-order valence-corrected chi connectivity index (χ0v) is 14.7. The Bertz CT molecular complexity index is 533. The van der Waals surface area contributed by atoms with Crippen LogP contribution in [-0.4, -0.2) is 20.5 Å². The highest BCUT2D eigenvalue weighted by Crippen LogP contribution is 2.27. The Balaban J connectivity index is 2.90. The third kappa shape index (κ3) is 4.84. The molecule has 0 aliphatic carbocycles. The molecule has 1 aromatic rings. The molecule has 0 bridgehead atoms. The molecule has 0 atom stereocenters. The van der Waals surface area contributed by atoms with Gasteiger partial charge in [-0.2, -0.15) is 0 Å². The van der Waals surface area contributed by atoms with Gasteiger partial charge in [0.15, 0.2) is 0 Å². The Morgan fingerprint density at radius 2 is 1.95 bits per heavy atom. The topological polar surface area (TPSA) is 58.2 Å². The van der Waals surface area contributed by atoms with Crippen LogP contribution in [0.3, 0.4) is 0 Å². The molecule has 0 fully saturated rings. The number of hydrogen-bond donors (Lipinski definition) is 2. The van der Waals surface area contributed by atoms with Gasteiger partial charge >= 0.3 is 0 Å². The van der Waals surface area contributed by atoms with Crippen LogP contribution < -0.4 is 10.0 Å². The average molecular weight is 319 g/mol. The zero-order chi connectivity index (χ0) is 15.4. The van der Waals surface area contributed by atoms with Crippen molar-refractivity contribution in [3.63, 3.8) is 0 Å². The second-order valence-electron chi connectivity index (χ2n) is 5.65. The van der Waals surface area contributed by atoms with Crippen molar-refractivity contribution in [1.82, 2.24) is 10.0 Å². The van der Waals surface area contributed by atoms with Crippen LogP contribution in [0, 0.1) is 6.92 Å². The maximum atomic E-state index is 12.4. The summed E-state index contributed by atoms with van der Waals surface area (Å²) in [4.78, 5) is 2.32. The molecule has 0 unspecified atom stereocenters. The van der Waals surface area contributed by atoms with E-state index in [-0.39, 0.29) is 0 Å². The lowest BCUT2D eigenvalue weighted by Crippen LogP contribution is -2.42. The lowest BCUT2D eigenvalue weighted by atomic mass is 10.0. The Hall–Kier alpha value is -0.430. The highest BCUT2D eigenvalue weighted by atomic mass is 32.2. The second kappa shape index (κ2) is 7.02. The van der Waals surface area contributed by atoms with Crippen LogP contribution in [-0.2, 0) is 16.6 Å². The zero-order valence-electron chi connectivity index (χ0n) is 13.0. The van der Waals surface area contributed by atoms with Crippen LogP contribution in [0.4, 0.5) is 0 Å². The van der Waals surface area contributed by atoms with E-state index in [2.05, 4.69) is 17.0 Å². The minimum Gasteiger partial charge on any atom is -0.312 e. The predicted molar refractivity (Wildman–Crippen MR) is 85.7 cm³/mol. The molecule has 2 N–H and O–H groups in total. The molecule has 0 spiro atoms. The first-order valence-electron chi connectivity index (χ1n) is 7.06. The molecule has 0 amide bonds. The molecule has 1 rings (SSSR count). The molecule has 0 radical (unpaired) electrons. The van der Waals surface area contributed by atoms with E-state index >= 15 is 0 Å². The molecule has 1 aromatic heterocycles. The van der Waals surface area contributed by atoms with Crippen molar-refractivity contribution in [2.45, 2.75) is 64.4 Å². The molecule has 0 saturated heterocycles. The van der Waals surface area contributed by atoms with Crippen LogP contribution in [0.1, 0.15) is 50.3 Å². The van der Waals surface area contributed by atoms with Gasteiger partial charge in [-0.3, -0.25) is 0 Å². The standard InChI is InChI=1S/C14H26N2O2S2/c1-6-8-15-10-12-9-13(11(3)19-12)20(17,18)16-14(4,5)7-2/h9,15-16H,6-8,10H2,1-5H3. The smallest absolute Gasteiger partial charge is 0.242 e. The monoisotopic (exact) mass is 318 g/mol. The molecule has 1 heterocycles. The van der Waals surface area contributed by atoms with E-state index in [1.165, 1.54) is 0 Å². The van der Waals surface area contributed by atoms with Crippen LogP contribution in [0.25, 0.3) is 0 Å². The van der Waals surface area contributed by atoms with Gasteiger partial charge in [-0.15, -0.1) is 11.3 Å². The summed E-state index contributed by atoms with van der Waals surface area (Å²) < 4.78 is 27.7. The molecular formula is C14H26N2O2S2. The van der Waals surface area contributed by atoms with Gasteiger partial charge in [-0.05, 0) is 46.2 Å². The van der Waals surface area contributed by atoms with E-state index in [9.17, 15) is 8.42 Å². The van der Waals surface area contributed by atoms with Crippen molar-refractivity contribution >= 4 is 21.4 Å². The van der Waals surface area contributed by atoms with Crippen LogP contribution in [0.15, 0.2) is 11.0 Å². The molecule has 116 valence electrons. The first kappa shape index (κ1) is 17.6. The predicted octanol–water partition coefficient (Wildman–Crippen LogP) is 3.02. The van der Waals surface area contributed by atoms with Gasteiger partial charge in [0.2, 0.25) is 10.0 Å². The van der Waals surface area contributed by atoms with Crippen LogP contribution in [0.5, 0.6) is 0 Å². The Morgan fingerprint density at radius 1 is 1.30 bits per heavy atom. The normalized spacial score (nSPS) is 12.8. The van der Waals surface area contributed by atoms with E-state index in [1.807, 2.05) is 27.7 Å². The minimum atomic E-state index is -3.44. The Labute approximate surface area is 127 Å². The van der Waals surface area contributed by atoms with Gasteiger partial charge in [-0.1, -0.05) is 13.8 Å². The fraction of sp³-hybridized carbons (Fsp3) is 0.714. The quantitative estimate of drug-likeness (QED) is 0.724. The van der Waals surface area contributed by atoms with E-state index in [0.29, 0.717) is 4.90 Å². The summed E-state index contributed by atoms with van der Waals surface area (Å²) in [5.41, 5.74) is -0.423. The summed E-state index contributed by atoms with van der Waals surface area (Å²) in [5.74, 6) is 0. The number of aryl methyl sites for hydroxylation is 1. The van der Waals surface area contributed by atoms with Gasteiger partial charge in [0, 0.05) is 21.8 Å². The molecule has 20 heavy (non-hydrogen) atoms. The van der Waals surface area contributed by atoms with Crippen molar-refractivity contribution < 1.29 is 8.42 Å². The summed E-state index contributed by atoms with van der Waals surface area (Å²) in [7, 11) is -3.44. The number of sulfonamides is 1. The third-order valence-corrected chi connectivity index (χ3v) is 6.24. The van der Waals surface area contributed by atoms with Gasteiger partial charge < -0.3 is 5.32 Å². The van der Waals surface area contributed by atoms with Crippen molar-refractivity contribution in [3.8, 4) is 0 Å². The largest absolute Gasteiger partial charge is 0.312 e. The third-order valence-electron chi connectivity index (χ3n) is 3.23. The van der Waals surface area contributed by atoms with E-state index in [4.69, 9.17) is 0 Å². The first-order valence-corrected chi connectivity index (χ1v) is 9.36. The average Bonchev–Trinajstić information content (AvgIpc) is 2.70. The maximum Gasteiger partial charge on any atom is 0.242 e. The van der Waals surface area contributed by atoms with Crippen molar-refractivity contribution in [2.75, 3.05) is 6.54 Å². The van der Waals surface area contributed by atoms with Crippen LogP contribution >= 0.6 is 11.3 Å². The lowest BCUT2D eigenvalue weighted by molar-refractivity contribution is 0.439. The van der Waals surface area contributed by atoms with Crippen molar-refractivity contribution in [2.24, 2.45) is 0 Å². The summed E-state index contributed by atoms with van der Waals surface area (Å²) in [6.45, 7) is 11.4. The van der Waals surface area contributed by atoms with E-state index < -0.39 is 15.6 Å². The van der Waals surface area contributed by atoms with Gasteiger partial charge in [0.05, 0.1) is 4.90 Å². The summed E-state index contributed by atoms with van der Waals surface area (Å²) in [6, 6.07) is 1.79. The van der Waals surface area contributed by atoms with Gasteiger partial charge in [0.25, 0.3) is 0 Å². The molecule has 0 aliphatic heterocycles. The fourth-order valence-corrected chi connectivity index (χ4v) is 4.85. The number of hydrogen-bond acceptors (Lipinski definition) is 4. The molecule has 4 nitrogen and oxygen atoms in total. The fourth-order valence-electron chi connectivity index (χ4n) is 1.76. The Morgan fingerprint density at radius 3 is 2.50 bits per heavy atom. The summed E-state index contributed by atoms with van der Waals surface area (Å²) in [5, 5.41) is 3.30. The molecule has 0 saturated carbocycles. The number of nitrogens with one attached hydrogen (secondary N) is 2. The maximum absolute atomic E-state index is 12.4. The van der Waals surface area contributed by atoms with E-state index in [1.54, 1.807) is 17.4 Å². The highest BCUT2D eigenvalue weighted by Gasteiger charge is 2.27.